The van der Waals surface area contributed by atoms with Crippen LogP contribution < -0.4 is 14.8 Å². The molecule has 0 atom stereocenters. The van der Waals surface area contributed by atoms with Crippen molar-refractivity contribution in [1.29, 1.82) is 0 Å². The minimum absolute atomic E-state index is 0.471. The second-order valence-corrected chi connectivity index (χ2v) is 6.93. The third kappa shape index (κ3) is 5.75. The van der Waals surface area contributed by atoms with Crippen LogP contribution in [0.5, 0.6) is 11.5 Å². The fourth-order valence-corrected chi connectivity index (χ4v) is 2.87. The van der Waals surface area contributed by atoms with E-state index in [1.165, 1.54) is 11.1 Å². The first-order valence-electron chi connectivity index (χ1n) is 8.94. The van der Waals surface area contributed by atoms with Gasteiger partial charge in [0.05, 0.1) is 7.11 Å². The Morgan fingerprint density at radius 2 is 1.41 bits per heavy atom. The van der Waals surface area contributed by atoms with Crippen molar-refractivity contribution in [2.45, 2.75) is 26.6 Å². The Hall–Kier alpha value is -2.49. The van der Waals surface area contributed by atoms with Crippen LogP contribution in [0.4, 0.5) is 0 Å². The molecular weight excluding hydrogens is 358 g/mol. The number of aryl methyl sites for hydroxylation is 1. The maximum absolute atomic E-state index is 5.91. The highest BCUT2D eigenvalue weighted by molar-refractivity contribution is 6.30. The van der Waals surface area contributed by atoms with Crippen molar-refractivity contribution in [3.63, 3.8) is 0 Å². The van der Waals surface area contributed by atoms with Gasteiger partial charge in [-0.3, -0.25) is 0 Å². The molecule has 1 N–H and O–H groups in total. The first-order valence-corrected chi connectivity index (χ1v) is 9.32. The lowest BCUT2D eigenvalue weighted by molar-refractivity contribution is 0.284. The van der Waals surface area contributed by atoms with Crippen LogP contribution in [0, 0.1) is 6.92 Å². The Morgan fingerprint density at radius 1 is 0.778 bits per heavy atom. The highest BCUT2D eigenvalue weighted by Crippen LogP contribution is 2.29. The van der Waals surface area contributed by atoms with E-state index in [1.807, 2.05) is 36.4 Å². The van der Waals surface area contributed by atoms with E-state index in [0.29, 0.717) is 6.61 Å². The number of methoxy groups -OCH3 is 1. The summed E-state index contributed by atoms with van der Waals surface area (Å²) in [5.41, 5.74) is 4.76. The van der Waals surface area contributed by atoms with E-state index in [2.05, 4.69) is 42.6 Å². The van der Waals surface area contributed by atoms with Crippen LogP contribution in [0.2, 0.25) is 5.02 Å². The molecule has 0 saturated carbocycles. The van der Waals surface area contributed by atoms with Crippen LogP contribution >= 0.6 is 11.6 Å². The van der Waals surface area contributed by atoms with Crippen LogP contribution in [0.25, 0.3) is 0 Å². The standard InChI is InChI=1S/C23H24ClNO2/c1-17-3-5-18(6-4-17)14-25-15-20-9-12-22(23(13-20)26-2)27-16-19-7-10-21(24)11-8-19/h3-13,25H,14-16H2,1-2H3. The van der Waals surface area contributed by atoms with Crippen molar-refractivity contribution in [2.75, 3.05) is 7.11 Å². The number of nitrogens with one attached hydrogen (secondary N) is 1. The van der Waals surface area contributed by atoms with Gasteiger partial charge in [-0.2, -0.15) is 0 Å². The molecule has 3 aromatic rings. The number of benzene rings is 3. The first kappa shape index (κ1) is 19.3. The van der Waals surface area contributed by atoms with Crippen molar-refractivity contribution < 1.29 is 9.47 Å². The molecule has 0 amide bonds. The molecule has 3 nitrogen and oxygen atoms in total. The van der Waals surface area contributed by atoms with Crippen molar-refractivity contribution in [1.82, 2.24) is 5.32 Å². The van der Waals surface area contributed by atoms with Gasteiger partial charge in [-0.15, -0.1) is 0 Å². The smallest absolute Gasteiger partial charge is 0.161 e. The molecule has 0 bridgehead atoms. The lowest BCUT2D eigenvalue weighted by Gasteiger charge is -2.13. The fraction of sp³-hybridized carbons (Fsp3) is 0.217. The average molecular weight is 382 g/mol. The van der Waals surface area contributed by atoms with E-state index in [0.717, 1.165) is 40.7 Å². The van der Waals surface area contributed by atoms with Crippen LogP contribution in [-0.4, -0.2) is 7.11 Å². The molecule has 0 spiro atoms. The molecule has 0 fully saturated rings. The molecule has 140 valence electrons. The number of rotatable bonds is 8. The van der Waals surface area contributed by atoms with Gasteiger partial charge in [0.1, 0.15) is 6.61 Å². The highest BCUT2D eigenvalue weighted by Gasteiger charge is 2.06. The molecule has 0 aliphatic carbocycles. The monoisotopic (exact) mass is 381 g/mol. The van der Waals surface area contributed by atoms with Gasteiger partial charge in [-0.25, -0.2) is 0 Å². The Kier molecular flexibility index (Phi) is 6.74. The summed E-state index contributed by atoms with van der Waals surface area (Å²) in [5, 5.41) is 4.18. The molecule has 3 aromatic carbocycles. The normalized spacial score (nSPS) is 10.6. The second kappa shape index (κ2) is 9.45. The third-order valence-corrected chi connectivity index (χ3v) is 4.57. The maximum atomic E-state index is 5.91. The zero-order valence-electron chi connectivity index (χ0n) is 15.7. The summed E-state index contributed by atoms with van der Waals surface area (Å²) in [7, 11) is 1.66. The van der Waals surface area contributed by atoms with Gasteiger partial charge in [0, 0.05) is 18.1 Å². The summed E-state index contributed by atoms with van der Waals surface area (Å²) in [4.78, 5) is 0. The van der Waals surface area contributed by atoms with Crippen molar-refractivity contribution in [3.8, 4) is 11.5 Å². The van der Waals surface area contributed by atoms with Crippen LogP contribution in [0.3, 0.4) is 0 Å². The molecular formula is C23H24ClNO2. The number of hydrogen-bond acceptors (Lipinski definition) is 3. The molecule has 27 heavy (non-hydrogen) atoms. The minimum Gasteiger partial charge on any atom is -0.493 e. The second-order valence-electron chi connectivity index (χ2n) is 6.49. The van der Waals surface area contributed by atoms with E-state index >= 15 is 0 Å². The van der Waals surface area contributed by atoms with Crippen LogP contribution in [0.1, 0.15) is 22.3 Å². The predicted molar refractivity (Wildman–Crippen MR) is 111 cm³/mol. The van der Waals surface area contributed by atoms with Crippen molar-refractivity contribution >= 4 is 11.6 Å². The Labute approximate surface area is 165 Å². The van der Waals surface area contributed by atoms with Gasteiger partial charge in [-0.1, -0.05) is 59.6 Å². The molecule has 0 aliphatic heterocycles. The quantitative estimate of drug-likeness (QED) is 0.556. The van der Waals surface area contributed by atoms with Crippen molar-refractivity contribution in [3.05, 3.63) is 94.0 Å². The van der Waals surface area contributed by atoms with Crippen LogP contribution in [-0.2, 0) is 19.7 Å². The summed E-state index contributed by atoms with van der Waals surface area (Å²) in [6, 6.07) is 22.2. The first-order chi connectivity index (χ1) is 13.1. The number of halogens is 1. The van der Waals surface area contributed by atoms with Gasteiger partial charge in [0.25, 0.3) is 0 Å². The van der Waals surface area contributed by atoms with E-state index in [9.17, 15) is 0 Å². The average Bonchev–Trinajstić information content (AvgIpc) is 2.69. The highest BCUT2D eigenvalue weighted by atomic mass is 35.5. The molecule has 0 radical (unpaired) electrons. The van der Waals surface area contributed by atoms with E-state index in [1.54, 1.807) is 7.11 Å². The largest absolute Gasteiger partial charge is 0.493 e. The van der Waals surface area contributed by atoms with E-state index < -0.39 is 0 Å². The summed E-state index contributed by atoms with van der Waals surface area (Å²) in [6.07, 6.45) is 0. The van der Waals surface area contributed by atoms with Gasteiger partial charge in [-0.05, 0) is 47.9 Å². The van der Waals surface area contributed by atoms with E-state index in [-0.39, 0.29) is 0 Å². The zero-order chi connectivity index (χ0) is 19.1. The minimum atomic E-state index is 0.471. The van der Waals surface area contributed by atoms with Gasteiger partial charge in [0.15, 0.2) is 11.5 Å². The van der Waals surface area contributed by atoms with Crippen molar-refractivity contribution in [2.24, 2.45) is 0 Å². The molecule has 0 heterocycles. The molecule has 4 heteroatoms. The Balaban J connectivity index is 1.56. The molecule has 0 unspecified atom stereocenters. The van der Waals surface area contributed by atoms with Gasteiger partial charge < -0.3 is 14.8 Å². The molecule has 0 aliphatic rings. The summed E-state index contributed by atoms with van der Waals surface area (Å²) >= 11 is 5.91. The zero-order valence-corrected chi connectivity index (χ0v) is 16.4. The summed E-state index contributed by atoms with van der Waals surface area (Å²) in [5.74, 6) is 1.47. The lowest BCUT2D eigenvalue weighted by atomic mass is 10.1. The number of hydrogen-bond donors (Lipinski definition) is 1. The van der Waals surface area contributed by atoms with Crippen LogP contribution in [0.15, 0.2) is 66.7 Å². The topological polar surface area (TPSA) is 30.5 Å². The number of ether oxygens (including phenoxy) is 2. The molecule has 3 rings (SSSR count). The molecule has 0 aromatic heterocycles. The Bertz CT molecular complexity index is 861. The SMILES string of the molecule is COc1cc(CNCc2ccc(C)cc2)ccc1OCc1ccc(Cl)cc1. The van der Waals surface area contributed by atoms with Gasteiger partial charge in [0.2, 0.25) is 0 Å². The fourth-order valence-electron chi connectivity index (χ4n) is 2.74. The maximum Gasteiger partial charge on any atom is 0.161 e. The van der Waals surface area contributed by atoms with E-state index in [4.69, 9.17) is 21.1 Å². The summed E-state index contributed by atoms with van der Waals surface area (Å²) < 4.78 is 11.4. The third-order valence-electron chi connectivity index (χ3n) is 4.31. The lowest BCUT2D eigenvalue weighted by Crippen LogP contribution is -2.12. The predicted octanol–water partition coefficient (Wildman–Crippen LogP) is 5.53. The van der Waals surface area contributed by atoms with Gasteiger partial charge >= 0.3 is 0 Å². The summed E-state index contributed by atoms with van der Waals surface area (Å²) in [6.45, 7) is 4.16. The Morgan fingerprint density at radius 3 is 2.11 bits per heavy atom. The molecule has 0 saturated heterocycles.